The first-order chi connectivity index (χ1) is 9.67. The zero-order valence-electron chi connectivity index (χ0n) is 12.4. The highest BCUT2D eigenvalue weighted by atomic mass is 16.3. The SMILES string of the molecule is CCc1oc2ccccc2c1CNCC(=O)N(C)CC. The molecule has 0 aliphatic heterocycles. The second-order valence-electron chi connectivity index (χ2n) is 4.86. The summed E-state index contributed by atoms with van der Waals surface area (Å²) in [5, 5.41) is 4.35. The number of amides is 1. The van der Waals surface area contributed by atoms with Gasteiger partial charge < -0.3 is 14.6 Å². The van der Waals surface area contributed by atoms with Crippen LogP contribution in [0.5, 0.6) is 0 Å². The number of aryl methyl sites for hydroxylation is 1. The Morgan fingerprint density at radius 1 is 1.30 bits per heavy atom. The number of para-hydroxylation sites is 1. The van der Waals surface area contributed by atoms with Crippen molar-refractivity contribution < 1.29 is 9.21 Å². The highest BCUT2D eigenvalue weighted by molar-refractivity contribution is 5.82. The van der Waals surface area contributed by atoms with Crippen molar-refractivity contribution in [1.82, 2.24) is 10.2 Å². The van der Waals surface area contributed by atoms with E-state index < -0.39 is 0 Å². The number of carbonyl (C=O) groups is 1. The van der Waals surface area contributed by atoms with Gasteiger partial charge >= 0.3 is 0 Å². The van der Waals surface area contributed by atoms with Crippen LogP contribution in [0, 0.1) is 0 Å². The summed E-state index contributed by atoms with van der Waals surface area (Å²) >= 11 is 0. The average molecular weight is 274 g/mol. The van der Waals surface area contributed by atoms with Crippen LogP contribution in [0.25, 0.3) is 11.0 Å². The summed E-state index contributed by atoms with van der Waals surface area (Å²) in [5.41, 5.74) is 2.08. The largest absolute Gasteiger partial charge is 0.461 e. The fourth-order valence-corrected chi connectivity index (χ4v) is 2.23. The fraction of sp³-hybridized carbons (Fsp3) is 0.438. The van der Waals surface area contributed by atoms with Gasteiger partial charge in [-0.3, -0.25) is 4.79 Å². The summed E-state index contributed by atoms with van der Waals surface area (Å²) in [7, 11) is 1.81. The van der Waals surface area contributed by atoms with E-state index >= 15 is 0 Å². The van der Waals surface area contributed by atoms with Crippen LogP contribution in [0.4, 0.5) is 0 Å². The maximum atomic E-state index is 11.8. The lowest BCUT2D eigenvalue weighted by Gasteiger charge is -2.14. The van der Waals surface area contributed by atoms with Crippen LogP contribution in [0.3, 0.4) is 0 Å². The predicted molar refractivity (Wildman–Crippen MR) is 80.6 cm³/mol. The number of nitrogens with zero attached hydrogens (tertiary/aromatic N) is 1. The topological polar surface area (TPSA) is 45.5 Å². The Balaban J connectivity index is 2.07. The molecule has 1 heterocycles. The molecule has 4 heteroatoms. The Kier molecular flexibility index (Phi) is 4.79. The lowest BCUT2D eigenvalue weighted by molar-refractivity contribution is -0.128. The minimum Gasteiger partial charge on any atom is -0.461 e. The van der Waals surface area contributed by atoms with E-state index in [2.05, 4.69) is 18.3 Å². The van der Waals surface area contributed by atoms with Crippen molar-refractivity contribution in [2.45, 2.75) is 26.8 Å². The van der Waals surface area contributed by atoms with Gasteiger partial charge in [-0.2, -0.15) is 0 Å². The first-order valence-electron chi connectivity index (χ1n) is 7.11. The molecule has 1 aromatic heterocycles. The highest BCUT2D eigenvalue weighted by Crippen LogP contribution is 2.25. The first kappa shape index (κ1) is 14.6. The van der Waals surface area contributed by atoms with E-state index in [-0.39, 0.29) is 5.91 Å². The third-order valence-electron chi connectivity index (χ3n) is 3.58. The molecule has 0 aliphatic carbocycles. The van der Waals surface area contributed by atoms with E-state index in [4.69, 9.17) is 4.42 Å². The van der Waals surface area contributed by atoms with Gasteiger partial charge in [0.2, 0.25) is 5.91 Å². The molecule has 0 unspecified atom stereocenters. The van der Waals surface area contributed by atoms with Crippen molar-refractivity contribution in [2.75, 3.05) is 20.1 Å². The third-order valence-corrected chi connectivity index (χ3v) is 3.58. The number of fused-ring (bicyclic) bond motifs is 1. The maximum Gasteiger partial charge on any atom is 0.236 e. The van der Waals surface area contributed by atoms with Crippen LogP contribution in [-0.4, -0.2) is 30.9 Å². The summed E-state index contributed by atoms with van der Waals surface area (Å²) in [5.74, 6) is 1.10. The van der Waals surface area contributed by atoms with E-state index in [1.165, 1.54) is 0 Å². The summed E-state index contributed by atoms with van der Waals surface area (Å²) in [6, 6.07) is 8.03. The normalized spacial score (nSPS) is 10.9. The van der Waals surface area contributed by atoms with Crippen LogP contribution in [0.2, 0.25) is 0 Å². The number of hydrogen-bond donors (Lipinski definition) is 1. The van der Waals surface area contributed by atoms with E-state index in [1.807, 2.05) is 32.2 Å². The number of benzene rings is 1. The molecule has 0 fully saturated rings. The molecule has 2 aromatic rings. The molecule has 1 amide bonds. The second-order valence-corrected chi connectivity index (χ2v) is 4.86. The van der Waals surface area contributed by atoms with Crippen LogP contribution in [-0.2, 0) is 17.8 Å². The quantitative estimate of drug-likeness (QED) is 0.880. The molecule has 1 N–H and O–H groups in total. The van der Waals surface area contributed by atoms with Gasteiger partial charge in [-0.25, -0.2) is 0 Å². The van der Waals surface area contributed by atoms with Crippen LogP contribution in [0.1, 0.15) is 25.2 Å². The molecule has 2 rings (SSSR count). The highest BCUT2D eigenvalue weighted by Gasteiger charge is 2.13. The monoisotopic (exact) mass is 274 g/mol. The molecule has 20 heavy (non-hydrogen) atoms. The number of rotatable bonds is 6. The lowest BCUT2D eigenvalue weighted by Crippen LogP contribution is -2.35. The fourth-order valence-electron chi connectivity index (χ4n) is 2.23. The molecule has 4 nitrogen and oxygen atoms in total. The predicted octanol–water partition coefficient (Wildman–Crippen LogP) is 2.56. The Hall–Kier alpha value is -1.81. The Morgan fingerprint density at radius 3 is 2.75 bits per heavy atom. The standard InChI is InChI=1S/C16H22N2O2/c1-4-14-13(10-17-11-16(19)18(3)5-2)12-8-6-7-9-15(12)20-14/h6-9,17H,4-5,10-11H2,1-3H3. The van der Waals surface area contributed by atoms with Crippen LogP contribution < -0.4 is 5.32 Å². The molecule has 0 bridgehead atoms. The number of furan rings is 1. The van der Waals surface area contributed by atoms with Crippen molar-refractivity contribution in [2.24, 2.45) is 0 Å². The molecule has 1 aromatic carbocycles. The molecule has 0 radical (unpaired) electrons. The molecule has 0 saturated heterocycles. The van der Waals surface area contributed by atoms with E-state index in [0.717, 1.165) is 35.3 Å². The van der Waals surface area contributed by atoms with Crippen molar-refractivity contribution in [1.29, 1.82) is 0 Å². The average Bonchev–Trinajstić information content (AvgIpc) is 2.84. The molecule has 0 aliphatic rings. The molecule has 0 saturated carbocycles. The van der Waals surface area contributed by atoms with Gasteiger partial charge in [0.15, 0.2) is 0 Å². The van der Waals surface area contributed by atoms with Gasteiger partial charge in [-0.1, -0.05) is 25.1 Å². The number of carbonyl (C=O) groups excluding carboxylic acids is 1. The molecular weight excluding hydrogens is 252 g/mol. The minimum absolute atomic E-state index is 0.110. The first-order valence-corrected chi connectivity index (χ1v) is 7.11. The zero-order chi connectivity index (χ0) is 14.5. The van der Waals surface area contributed by atoms with Gasteiger partial charge in [-0.15, -0.1) is 0 Å². The van der Waals surface area contributed by atoms with Gasteiger partial charge in [0.1, 0.15) is 11.3 Å². The second kappa shape index (κ2) is 6.57. The van der Waals surface area contributed by atoms with Crippen molar-refractivity contribution in [3.05, 3.63) is 35.6 Å². The summed E-state index contributed by atoms with van der Waals surface area (Å²) in [6.07, 6.45) is 0.856. The van der Waals surface area contributed by atoms with E-state index in [0.29, 0.717) is 13.1 Å². The third kappa shape index (κ3) is 3.02. The molecule has 0 atom stereocenters. The zero-order valence-corrected chi connectivity index (χ0v) is 12.4. The van der Waals surface area contributed by atoms with Crippen LogP contribution >= 0.6 is 0 Å². The summed E-state index contributed by atoms with van der Waals surface area (Å²) in [4.78, 5) is 13.5. The van der Waals surface area contributed by atoms with Crippen molar-refractivity contribution in [3.8, 4) is 0 Å². The number of nitrogens with one attached hydrogen (secondary N) is 1. The van der Waals surface area contributed by atoms with E-state index in [1.54, 1.807) is 4.90 Å². The van der Waals surface area contributed by atoms with Crippen molar-refractivity contribution >= 4 is 16.9 Å². The molecule has 108 valence electrons. The Morgan fingerprint density at radius 2 is 2.05 bits per heavy atom. The summed E-state index contributed by atoms with van der Waals surface area (Å²) in [6.45, 7) is 5.79. The number of likely N-dealkylation sites (N-methyl/N-ethyl adjacent to an activating group) is 1. The van der Waals surface area contributed by atoms with Gasteiger partial charge in [0.05, 0.1) is 6.54 Å². The van der Waals surface area contributed by atoms with E-state index in [9.17, 15) is 4.79 Å². The lowest BCUT2D eigenvalue weighted by atomic mass is 10.1. The van der Waals surface area contributed by atoms with Gasteiger partial charge in [0, 0.05) is 37.5 Å². The smallest absolute Gasteiger partial charge is 0.236 e. The van der Waals surface area contributed by atoms with Crippen molar-refractivity contribution in [3.63, 3.8) is 0 Å². The van der Waals surface area contributed by atoms with Crippen LogP contribution in [0.15, 0.2) is 28.7 Å². The maximum absolute atomic E-state index is 11.8. The number of hydrogen-bond acceptors (Lipinski definition) is 3. The molecule has 0 spiro atoms. The van der Waals surface area contributed by atoms with Gasteiger partial charge in [-0.05, 0) is 13.0 Å². The Bertz CT molecular complexity index is 589. The minimum atomic E-state index is 0.110. The molecular formula is C16H22N2O2. The summed E-state index contributed by atoms with van der Waals surface area (Å²) < 4.78 is 5.84. The Labute approximate surface area is 119 Å². The van der Waals surface area contributed by atoms with Gasteiger partial charge in [0.25, 0.3) is 0 Å².